The van der Waals surface area contributed by atoms with Crippen molar-refractivity contribution < 1.29 is 49.3 Å². The number of rotatable bonds is 17. The van der Waals surface area contributed by atoms with Gasteiger partial charge in [0.05, 0.1) is 69.9 Å². The van der Waals surface area contributed by atoms with Crippen LogP contribution in [0.25, 0.3) is 16.6 Å². The van der Waals surface area contributed by atoms with Gasteiger partial charge in [0.15, 0.2) is 0 Å². The molecule has 1 amide bonds. The molecular weight excluding hydrogens is 758 g/mol. The molecule has 4 heterocycles. The van der Waals surface area contributed by atoms with E-state index in [9.17, 15) is 18.4 Å². The van der Waals surface area contributed by atoms with Crippen LogP contribution < -0.4 is 41.5 Å². The van der Waals surface area contributed by atoms with Gasteiger partial charge >= 0.3 is 0 Å². The van der Waals surface area contributed by atoms with Crippen molar-refractivity contribution >= 4 is 22.5 Å². The summed E-state index contributed by atoms with van der Waals surface area (Å²) in [5, 5.41) is 0.245. The summed E-state index contributed by atoms with van der Waals surface area (Å²) in [4.78, 5) is 31.7. The summed E-state index contributed by atoms with van der Waals surface area (Å²) in [5.41, 5.74) is 0.144. The van der Waals surface area contributed by atoms with Gasteiger partial charge in [-0.25, -0.2) is 8.78 Å². The summed E-state index contributed by atoms with van der Waals surface area (Å²) < 4.78 is 49.2. The Hall–Kier alpha value is -4.44. The molecule has 4 aromatic rings. The maximum Gasteiger partial charge on any atom is 0.264 e. The van der Waals surface area contributed by atoms with Crippen LogP contribution >= 0.6 is 0 Å². The number of carbonyl (C=O) groups excluding carboxylic acids is 1. The third-order valence-corrected chi connectivity index (χ3v) is 10.4. The Morgan fingerprint density at radius 1 is 0.870 bits per heavy atom. The number of hydrogen-bond donors (Lipinski definition) is 0. The molecule has 0 spiro atoms. The third-order valence-electron chi connectivity index (χ3n) is 10.4. The van der Waals surface area contributed by atoms with Gasteiger partial charge in [-0.3, -0.25) is 19.4 Å². The van der Waals surface area contributed by atoms with E-state index in [0.29, 0.717) is 47.7 Å². The molecule has 0 N–H and O–H groups in total. The van der Waals surface area contributed by atoms with Gasteiger partial charge in [-0.1, -0.05) is 25.7 Å². The van der Waals surface area contributed by atoms with Crippen molar-refractivity contribution in [3.63, 3.8) is 0 Å². The number of terminal acetylenes is 1. The molecule has 12 heteroatoms. The quantitative estimate of drug-likeness (QED) is 0.0919. The maximum atomic E-state index is 14.2. The standard InChI is InChI=1S/C42H49F2N4O5.BrH/c1-4-13-46(33-24-31(43)23-32(44)25-33)42(50)39-30-47(34-26-36(51-3)28-37(27-34)52-21-5-2)40-29-35(11-12-38(40)41(39)49)53-22-10-8-6-7-9-17-48-18-14-45(15-19-48)16-20-48;/h1,11-12,23-30H,5-10,13-22H2,2-3H3;1H/q+1;/p-1. The number of fused-ring (bicyclic) bond motifs is 4. The molecule has 1 aromatic heterocycles. The molecule has 0 aliphatic carbocycles. The number of hydrogen-bond acceptors (Lipinski definition) is 6. The average molecular weight is 808 g/mol. The van der Waals surface area contributed by atoms with Crippen LogP contribution in [0.4, 0.5) is 14.5 Å². The molecule has 3 aliphatic heterocycles. The molecule has 0 atom stereocenters. The van der Waals surface area contributed by atoms with Crippen LogP contribution in [-0.4, -0.2) is 92.5 Å². The van der Waals surface area contributed by atoms with Crippen molar-refractivity contribution in [2.45, 2.75) is 45.4 Å². The fourth-order valence-corrected chi connectivity index (χ4v) is 7.43. The zero-order chi connectivity index (χ0) is 37.4. The molecule has 2 bridgehead atoms. The van der Waals surface area contributed by atoms with E-state index in [1.807, 2.05) is 6.92 Å². The summed E-state index contributed by atoms with van der Waals surface area (Å²) in [5.74, 6) is 1.43. The van der Waals surface area contributed by atoms with E-state index >= 15 is 0 Å². The number of nitrogens with zero attached hydrogens (tertiary/aromatic N) is 4. The molecule has 0 saturated carbocycles. The lowest BCUT2D eigenvalue weighted by Crippen LogP contribution is -3.00. The van der Waals surface area contributed by atoms with Gasteiger partial charge in [0.2, 0.25) is 5.43 Å². The van der Waals surface area contributed by atoms with Crippen LogP contribution in [0.15, 0.2) is 65.6 Å². The average Bonchev–Trinajstić information content (AvgIpc) is 3.17. The topological polar surface area (TPSA) is 73.2 Å². The Morgan fingerprint density at radius 3 is 2.22 bits per heavy atom. The summed E-state index contributed by atoms with van der Waals surface area (Å²) in [6, 6.07) is 13.2. The summed E-state index contributed by atoms with van der Waals surface area (Å²) >= 11 is 0. The van der Waals surface area contributed by atoms with Gasteiger partial charge in [0, 0.05) is 61.5 Å². The number of benzene rings is 3. The van der Waals surface area contributed by atoms with Crippen molar-refractivity contribution in [1.82, 2.24) is 9.47 Å². The smallest absolute Gasteiger partial charge is 0.264 e. The van der Waals surface area contributed by atoms with Crippen molar-refractivity contribution in [3.05, 3.63) is 88.2 Å². The first kappa shape index (κ1) is 40.7. The van der Waals surface area contributed by atoms with Crippen LogP contribution in [0.5, 0.6) is 17.2 Å². The Morgan fingerprint density at radius 2 is 1.54 bits per heavy atom. The lowest BCUT2D eigenvalue weighted by molar-refractivity contribution is -0.941. The van der Waals surface area contributed by atoms with Gasteiger partial charge in [-0.15, -0.1) is 6.42 Å². The number of pyridine rings is 1. The minimum atomic E-state index is -0.881. The number of ether oxygens (including phenoxy) is 3. The second kappa shape index (κ2) is 18.7. The Kier molecular flexibility index (Phi) is 14.1. The highest BCUT2D eigenvalue weighted by atomic mass is 79.9. The zero-order valence-electron chi connectivity index (χ0n) is 31.1. The van der Waals surface area contributed by atoms with E-state index in [1.54, 1.807) is 48.1 Å². The highest BCUT2D eigenvalue weighted by molar-refractivity contribution is 6.08. The zero-order valence-corrected chi connectivity index (χ0v) is 32.7. The van der Waals surface area contributed by atoms with Crippen LogP contribution in [0.3, 0.4) is 0 Å². The molecule has 3 aromatic carbocycles. The van der Waals surface area contributed by atoms with Crippen LogP contribution in [0, 0.1) is 24.0 Å². The Labute approximate surface area is 326 Å². The number of quaternary nitrogens is 1. The number of aromatic nitrogens is 1. The lowest BCUT2D eigenvalue weighted by atomic mass is 10.1. The van der Waals surface area contributed by atoms with E-state index in [0.717, 1.165) is 36.3 Å². The summed E-state index contributed by atoms with van der Waals surface area (Å²) in [6.45, 7) is 11.6. The van der Waals surface area contributed by atoms with Gasteiger partial charge in [-0.2, -0.15) is 0 Å². The monoisotopic (exact) mass is 806 g/mol. The van der Waals surface area contributed by atoms with Gasteiger partial charge < -0.3 is 40.2 Å². The molecule has 3 saturated heterocycles. The summed E-state index contributed by atoms with van der Waals surface area (Å²) in [7, 11) is 1.54. The van der Waals surface area contributed by atoms with Gasteiger partial charge in [0.25, 0.3) is 5.91 Å². The molecule has 3 aliphatic rings. The van der Waals surface area contributed by atoms with E-state index in [-0.39, 0.29) is 40.2 Å². The predicted molar refractivity (Wildman–Crippen MR) is 203 cm³/mol. The first-order valence-electron chi connectivity index (χ1n) is 18.7. The highest BCUT2D eigenvalue weighted by Crippen LogP contribution is 2.30. The lowest BCUT2D eigenvalue weighted by Gasteiger charge is -2.50. The molecule has 54 heavy (non-hydrogen) atoms. The van der Waals surface area contributed by atoms with Crippen molar-refractivity contribution in [1.29, 1.82) is 0 Å². The van der Waals surface area contributed by atoms with E-state index in [1.165, 1.54) is 75.8 Å². The molecule has 3 fully saturated rings. The Bertz CT molecular complexity index is 1990. The second-order valence-corrected chi connectivity index (χ2v) is 14.1. The maximum absolute atomic E-state index is 14.2. The van der Waals surface area contributed by atoms with Gasteiger partial charge in [-0.05, 0) is 49.9 Å². The fourth-order valence-electron chi connectivity index (χ4n) is 7.43. The molecule has 0 unspecified atom stereocenters. The number of carbonyl (C=O) groups is 1. The molecule has 288 valence electrons. The first-order valence-corrected chi connectivity index (χ1v) is 18.7. The highest BCUT2D eigenvalue weighted by Gasteiger charge is 2.37. The summed E-state index contributed by atoms with van der Waals surface area (Å²) in [6.07, 6.45) is 13.4. The fraction of sp³-hybridized carbons (Fsp3) is 0.429. The Balaban J connectivity index is 0.00000561. The van der Waals surface area contributed by atoms with E-state index in [4.69, 9.17) is 20.6 Å². The van der Waals surface area contributed by atoms with Crippen LogP contribution in [-0.2, 0) is 0 Å². The number of piperazine rings is 3. The number of unbranched alkanes of at least 4 members (excludes halogenated alkanes) is 4. The minimum Gasteiger partial charge on any atom is -1.00 e. The largest absolute Gasteiger partial charge is 1.00 e. The SMILES string of the molecule is C#CCN(C(=O)c1cn(-c2cc(OC)cc(OCCC)c2)c2cc(OCCCCCCC[N+]34CCN(CC3)CC4)ccc2c1=O)c1cc(F)cc(F)c1.[Br-]. The first-order chi connectivity index (χ1) is 25.7. The molecule has 9 nitrogen and oxygen atoms in total. The number of amides is 1. The molecule has 7 rings (SSSR count). The number of halogens is 3. The normalized spacial score (nSPS) is 17.4. The minimum absolute atomic E-state index is 0. The van der Waals surface area contributed by atoms with Crippen molar-refractivity contribution in [2.75, 3.05) is 77.6 Å². The van der Waals surface area contributed by atoms with Crippen molar-refractivity contribution in [3.8, 4) is 35.3 Å². The van der Waals surface area contributed by atoms with Crippen LogP contribution in [0.2, 0.25) is 0 Å². The predicted octanol–water partition coefficient (Wildman–Crippen LogP) is 3.83. The second-order valence-electron chi connectivity index (χ2n) is 14.1. The molecule has 0 radical (unpaired) electrons. The number of methoxy groups -OCH3 is 1. The third kappa shape index (κ3) is 9.61. The van der Waals surface area contributed by atoms with E-state index < -0.39 is 23.0 Å². The van der Waals surface area contributed by atoms with E-state index in [2.05, 4.69) is 10.8 Å². The number of anilines is 1. The van der Waals surface area contributed by atoms with Crippen molar-refractivity contribution in [2.24, 2.45) is 0 Å². The molecular formula is C42H49BrF2N4O5. The van der Waals surface area contributed by atoms with Gasteiger partial charge in [0.1, 0.15) is 34.4 Å². The van der Waals surface area contributed by atoms with Crippen LogP contribution in [0.1, 0.15) is 55.8 Å².